The Morgan fingerprint density at radius 2 is 1.96 bits per heavy atom. The molecule has 0 aliphatic carbocycles. The molecule has 0 spiro atoms. The van der Waals surface area contributed by atoms with Crippen LogP contribution in [-0.2, 0) is 22.5 Å². The van der Waals surface area contributed by atoms with Crippen molar-refractivity contribution in [2.75, 3.05) is 13.0 Å². The van der Waals surface area contributed by atoms with Gasteiger partial charge in [0.05, 0.1) is 23.7 Å². The van der Waals surface area contributed by atoms with Gasteiger partial charge < -0.3 is 4.74 Å². The molecule has 2 aromatic rings. The molecule has 0 aliphatic rings. The maximum atomic E-state index is 13.5. The van der Waals surface area contributed by atoms with Crippen molar-refractivity contribution in [1.82, 2.24) is 4.31 Å². The van der Waals surface area contributed by atoms with Crippen LogP contribution < -0.4 is 0 Å². The number of halogens is 3. The fraction of sp³-hybridized carbons (Fsp3) is 0.278. The van der Waals surface area contributed by atoms with Gasteiger partial charge in [-0.05, 0) is 41.8 Å². The second kappa shape index (κ2) is 10.1. The van der Waals surface area contributed by atoms with Crippen LogP contribution in [0.2, 0.25) is 5.02 Å². The summed E-state index contributed by atoms with van der Waals surface area (Å²) < 4.78 is 41.2. The first-order valence-electron chi connectivity index (χ1n) is 7.93. The van der Waals surface area contributed by atoms with Gasteiger partial charge in [0.2, 0.25) is 11.3 Å². The largest absolute Gasteiger partial charge is 0.465 e. The van der Waals surface area contributed by atoms with Gasteiger partial charge in [-0.1, -0.05) is 29.8 Å². The molecule has 0 radical (unpaired) electrons. The predicted octanol–water partition coefficient (Wildman–Crippen LogP) is 4.57. The third-order valence-corrected chi connectivity index (χ3v) is 5.27. The first kappa shape index (κ1) is 21.8. The number of hydrogen-bond donors (Lipinski definition) is 1. The van der Waals surface area contributed by atoms with Gasteiger partial charge in [0.25, 0.3) is 0 Å². The molecule has 0 bridgehead atoms. The standard InChI is InChI=1S/C18H18Cl2FNO4S/c1-26-18(23)13-4-2-12(3-5-13)11-22(27(24)25)17(8-9-19)14-6-7-16(21)15(20)10-14/h2-7,10,17H,8-9,11H2,1H3,(H,24,25). The summed E-state index contributed by atoms with van der Waals surface area (Å²) in [6.07, 6.45) is 0.357. The van der Waals surface area contributed by atoms with Crippen LogP contribution in [0.4, 0.5) is 4.39 Å². The summed E-state index contributed by atoms with van der Waals surface area (Å²) in [4.78, 5) is 11.5. The normalized spacial score (nSPS) is 13.4. The maximum Gasteiger partial charge on any atom is 0.337 e. The van der Waals surface area contributed by atoms with Crippen molar-refractivity contribution in [3.8, 4) is 0 Å². The predicted molar refractivity (Wildman–Crippen MR) is 104 cm³/mol. The third-order valence-electron chi connectivity index (χ3n) is 3.97. The van der Waals surface area contributed by atoms with Crippen molar-refractivity contribution in [2.45, 2.75) is 19.0 Å². The first-order chi connectivity index (χ1) is 12.9. The van der Waals surface area contributed by atoms with E-state index in [-0.39, 0.29) is 17.4 Å². The number of ether oxygens (including phenoxy) is 1. The van der Waals surface area contributed by atoms with Crippen LogP contribution in [0.3, 0.4) is 0 Å². The number of rotatable bonds is 8. The lowest BCUT2D eigenvalue weighted by atomic mass is 10.0. The topological polar surface area (TPSA) is 66.8 Å². The minimum absolute atomic E-state index is 0.0711. The van der Waals surface area contributed by atoms with E-state index < -0.39 is 29.1 Å². The Morgan fingerprint density at radius 1 is 1.30 bits per heavy atom. The van der Waals surface area contributed by atoms with E-state index in [2.05, 4.69) is 4.74 Å². The number of hydrogen-bond acceptors (Lipinski definition) is 3. The molecule has 0 fully saturated rings. The second-order valence-corrected chi connectivity index (χ2v) is 7.38. The molecule has 0 saturated heterocycles. The fourth-order valence-corrected chi connectivity index (χ4v) is 3.72. The van der Waals surface area contributed by atoms with Crippen molar-refractivity contribution in [3.63, 3.8) is 0 Å². The summed E-state index contributed by atoms with van der Waals surface area (Å²) in [6, 6.07) is 10.1. The molecule has 2 rings (SSSR count). The molecule has 0 aliphatic heterocycles. The number of methoxy groups -OCH3 is 1. The van der Waals surface area contributed by atoms with E-state index >= 15 is 0 Å². The maximum absolute atomic E-state index is 13.5. The number of benzene rings is 2. The summed E-state index contributed by atoms with van der Waals surface area (Å²) in [5, 5.41) is -0.0711. The van der Waals surface area contributed by atoms with Gasteiger partial charge in [-0.3, -0.25) is 4.55 Å². The van der Waals surface area contributed by atoms with E-state index in [0.717, 1.165) is 0 Å². The van der Waals surface area contributed by atoms with Gasteiger partial charge in [-0.2, -0.15) is 4.31 Å². The number of esters is 1. The number of carbonyl (C=O) groups excluding carboxylic acids is 1. The van der Waals surface area contributed by atoms with Gasteiger partial charge >= 0.3 is 5.97 Å². The molecular weight excluding hydrogens is 416 g/mol. The molecule has 0 heterocycles. The minimum atomic E-state index is -2.32. The summed E-state index contributed by atoms with van der Waals surface area (Å²) in [6.45, 7) is 0.112. The zero-order valence-corrected chi connectivity index (χ0v) is 16.7. The molecule has 27 heavy (non-hydrogen) atoms. The molecular formula is C18H18Cl2FNO4S. The highest BCUT2D eigenvalue weighted by molar-refractivity contribution is 7.76. The Hall–Kier alpha value is -1.51. The molecule has 2 aromatic carbocycles. The van der Waals surface area contributed by atoms with Gasteiger partial charge in [0, 0.05) is 12.4 Å². The van der Waals surface area contributed by atoms with Crippen LogP contribution in [0.5, 0.6) is 0 Å². The molecule has 0 amide bonds. The Balaban J connectivity index is 2.30. The van der Waals surface area contributed by atoms with E-state index in [0.29, 0.717) is 23.1 Å². The number of carbonyl (C=O) groups is 1. The van der Waals surface area contributed by atoms with E-state index in [1.54, 1.807) is 24.3 Å². The van der Waals surface area contributed by atoms with Gasteiger partial charge in [-0.15, -0.1) is 11.6 Å². The van der Waals surface area contributed by atoms with Gasteiger partial charge in [-0.25, -0.2) is 13.4 Å². The number of alkyl halides is 1. The Bertz CT molecular complexity index is 820. The highest BCUT2D eigenvalue weighted by Gasteiger charge is 2.25. The van der Waals surface area contributed by atoms with E-state index in [1.807, 2.05) is 0 Å². The Labute approximate surface area is 169 Å². The monoisotopic (exact) mass is 433 g/mol. The van der Waals surface area contributed by atoms with Crippen molar-refractivity contribution < 1.29 is 22.7 Å². The molecule has 2 atom stereocenters. The van der Waals surface area contributed by atoms with Crippen LogP contribution in [-0.4, -0.2) is 32.0 Å². The highest BCUT2D eigenvalue weighted by Crippen LogP contribution is 2.30. The third kappa shape index (κ3) is 5.73. The Kier molecular flexibility index (Phi) is 8.19. The van der Waals surface area contributed by atoms with Gasteiger partial charge in [0.15, 0.2) is 0 Å². The summed E-state index contributed by atoms with van der Waals surface area (Å²) in [5.41, 5.74) is 1.66. The second-order valence-electron chi connectivity index (χ2n) is 5.66. The van der Waals surface area contributed by atoms with E-state index in [9.17, 15) is 17.9 Å². The average Bonchev–Trinajstić information content (AvgIpc) is 2.66. The van der Waals surface area contributed by atoms with Crippen LogP contribution in [0.25, 0.3) is 0 Å². The van der Waals surface area contributed by atoms with E-state index in [4.69, 9.17) is 23.2 Å². The quantitative estimate of drug-likeness (QED) is 0.376. The first-order valence-corrected chi connectivity index (χ1v) is 9.90. The van der Waals surface area contributed by atoms with Gasteiger partial charge in [0.1, 0.15) is 5.82 Å². The van der Waals surface area contributed by atoms with Crippen molar-refractivity contribution in [2.24, 2.45) is 0 Å². The van der Waals surface area contributed by atoms with Crippen molar-refractivity contribution in [1.29, 1.82) is 0 Å². The molecule has 1 N–H and O–H groups in total. The molecule has 2 unspecified atom stereocenters. The minimum Gasteiger partial charge on any atom is -0.465 e. The smallest absolute Gasteiger partial charge is 0.337 e. The summed E-state index contributed by atoms with van der Waals surface area (Å²) >= 11 is 9.41. The lowest BCUT2D eigenvalue weighted by Gasteiger charge is -2.28. The van der Waals surface area contributed by atoms with Crippen molar-refractivity contribution in [3.05, 3.63) is 70.0 Å². The number of nitrogens with zero attached hydrogens (tertiary/aromatic N) is 1. The average molecular weight is 434 g/mol. The zero-order valence-electron chi connectivity index (χ0n) is 14.4. The van der Waals surface area contributed by atoms with Crippen LogP contribution >= 0.6 is 23.2 Å². The molecule has 9 heteroatoms. The van der Waals surface area contributed by atoms with Crippen LogP contribution in [0.15, 0.2) is 42.5 Å². The molecule has 5 nitrogen and oxygen atoms in total. The SMILES string of the molecule is COC(=O)c1ccc(CN(C(CCCl)c2ccc(F)c(Cl)c2)S(=O)O)cc1. The van der Waals surface area contributed by atoms with Crippen molar-refractivity contribution >= 4 is 40.4 Å². The Morgan fingerprint density at radius 3 is 2.48 bits per heavy atom. The molecule has 0 saturated carbocycles. The summed E-state index contributed by atoms with van der Waals surface area (Å²) in [5.74, 6) is -0.806. The van der Waals surface area contributed by atoms with E-state index in [1.165, 1.54) is 29.6 Å². The summed E-state index contributed by atoms with van der Waals surface area (Å²) in [7, 11) is 1.29. The van der Waals surface area contributed by atoms with Crippen LogP contribution in [0, 0.1) is 5.82 Å². The lowest BCUT2D eigenvalue weighted by Crippen LogP contribution is -2.30. The zero-order chi connectivity index (χ0) is 20.0. The fourth-order valence-electron chi connectivity index (χ4n) is 2.62. The van der Waals surface area contributed by atoms with Crippen LogP contribution in [0.1, 0.15) is 33.9 Å². The molecule has 146 valence electrons. The highest BCUT2D eigenvalue weighted by atomic mass is 35.5. The molecule has 0 aromatic heterocycles. The lowest BCUT2D eigenvalue weighted by molar-refractivity contribution is 0.0600.